The number of benzene rings is 3. The predicted molar refractivity (Wildman–Crippen MR) is 123 cm³/mol. The lowest BCUT2D eigenvalue weighted by Crippen LogP contribution is -2.46. The predicted octanol–water partition coefficient (Wildman–Crippen LogP) is 5.96. The van der Waals surface area contributed by atoms with Crippen LogP contribution in [0, 0.1) is 23.3 Å². The van der Waals surface area contributed by atoms with Gasteiger partial charge in [0.05, 0.1) is 18.3 Å². The first-order chi connectivity index (χ1) is 16.6. The molecule has 0 bridgehead atoms. The third-order valence-electron chi connectivity index (χ3n) is 6.06. The second-order valence-electron chi connectivity index (χ2n) is 8.16. The fourth-order valence-electron chi connectivity index (χ4n) is 3.95. The highest BCUT2D eigenvalue weighted by Gasteiger charge is 2.34. The lowest BCUT2D eigenvalue weighted by molar-refractivity contribution is 0.0950. The lowest BCUT2D eigenvalue weighted by atomic mass is 9.98. The summed E-state index contributed by atoms with van der Waals surface area (Å²) in [5, 5.41) is 2.55. The van der Waals surface area contributed by atoms with Crippen molar-refractivity contribution >= 4 is 29.2 Å². The molecule has 3 amide bonds. The van der Waals surface area contributed by atoms with Gasteiger partial charge in [-0.25, -0.2) is 22.4 Å². The van der Waals surface area contributed by atoms with Gasteiger partial charge in [0.1, 0.15) is 23.3 Å². The van der Waals surface area contributed by atoms with E-state index in [1.807, 2.05) is 6.92 Å². The molecule has 4 rings (SSSR count). The van der Waals surface area contributed by atoms with Crippen LogP contribution in [0.4, 0.5) is 28.0 Å². The normalized spacial score (nSPS) is 15.3. The lowest BCUT2D eigenvalue weighted by Gasteiger charge is -2.39. The summed E-state index contributed by atoms with van der Waals surface area (Å²) in [5.74, 6) is -4.56. The fraction of sp³-hybridized carbons (Fsp3) is 0.200. The Labute approximate surface area is 203 Å². The third-order valence-corrected chi connectivity index (χ3v) is 6.41. The molecule has 0 radical (unpaired) electrons. The number of carbonyl (C=O) groups is 2. The molecule has 0 aliphatic carbocycles. The van der Waals surface area contributed by atoms with Gasteiger partial charge < -0.3 is 10.2 Å². The van der Waals surface area contributed by atoms with Gasteiger partial charge >= 0.3 is 6.03 Å². The highest BCUT2D eigenvalue weighted by atomic mass is 35.5. The number of carbonyl (C=O) groups excluding carboxylic acids is 2. The van der Waals surface area contributed by atoms with Gasteiger partial charge in [0.25, 0.3) is 5.91 Å². The average molecular weight is 506 g/mol. The summed E-state index contributed by atoms with van der Waals surface area (Å²) in [6, 6.07) is 9.14. The van der Waals surface area contributed by atoms with E-state index in [0.29, 0.717) is 23.4 Å². The Morgan fingerprint density at radius 1 is 1.00 bits per heavy atom. The van der Waals surface area contributed by atoms with Crippen molar-refractivity contribution in [3.05, 3.63) is 99.1 Å². The maximum absolute atomic E-state index is 14.5. The number of rotatable bonds is 5. The average Bonchev–Trinajstić information content (AvgIpc) is 2.80. The maximum Gasteiger partial charge on any atom is 0.325 e. The zero-order valence-corrected chi connectivity index (χ0v) is 19.5. The van der Waals surface area contributed by atoms with E-state index in [4.69, 9.17) is 11.6 Å². The molecule has 1 unspecified atom stereocenters. The number of amides is 3. The second kappa shape index (κ2) is 9.58. The molecule has 1 heterocycles. The van der Waals surface area contributed by atoms with Gasteiger partial charge in [0.2, 0.25) is 0 Å². The quantitative estimate of drug-likeness (QED) is 0.435. The van der Waals surface area contributed by atoms with Crippen molar-refractivity contribution < 1.29 is 27.2 Å². The minimum Gasteiger partial charge on any atom is -0.348 e. The van der Waals surface area contributed by atoms with E-state index in [2.05, 4.69) is 5.32 Å². The second-order valence-corrected chi connectivity index (χ2v) is 8.57. The van der Waals surface area contributed by atoms with Crippen LogP contribution in [0.15, 0.2) is 48.5 Å². The van der Waals surface area contributed by atoms with E-state index in [1.54, 1.807) is 13.1 Å². The molecule has 1 atom stereocenters. The molecule has 35 heavy (non-hydrogen) atoms. The van der Waals surface area contributed by atoms with Gasteiger partial charge in [-0.05, 0) is 36.8 Å². The smallest absolute Gasteiger partial charge is 0.325 e. The molecule has 3 aromatic carbocycles. The summed E-state index contributed by atoms with van der Waals surface area (Å²) in [7, 11) is 1.61. The van der Waals surface area contributed by atoms with Crippen molar-refractivity contribution in [3.63, 3.8) is 0 Å². The first-order valence-electron chi connectivity index (χ1n) is 10.6. The van der Waals surface area contributed by atoms with Crippen molar-refractivity contribution in [2.24, 2.45) is 0 Å². The highest BCUT2D eigenvalue weighted by Crippen LogP contribution is 2.38. The van der Waals surface area contributed by atoms with Crippen LogP contribution < -0.4 is 10.2 Å². The summed E-state index contributed by atoms with van der Waals surface area (Å²) >= 11 is 6.16. The molecule has 3 aromatic rings. The largest absolute Gasteiger partial charge is 0.348 e. The van der Waals surface area contributed by atoms with Gasteiger partial charge in [-0.15, -0.1) is 0 Å². The molecule has 1 N–H and O–H groups in total. The van der Waals surface area contributed by atoms with Crippen LogP contribution in [0.3, 0.4) is 0 Å². The summed E-state index contributed by atoms with van der Waals surface area (Å²) in [5.41, 5.74) is 0.840. The van der Waals surface area contributed by atoms with E-state index in [1.165, 1.54) is 40.1 Å². The molecule has 0 spiro atoms. The maximum atomic E-state index is 14.5. The Morgan fingerprint density at radius 2 is 1.69 bits per heavy atom. The van der Waals surface area contributed by atoms with E-state index in [9.17, 15) is 27.2 Å². The SMILES string of the molecule is CC1c2ccc(C(=O)NCc3c(F)cc(F)cc3F)cc2N(Cc2c(F)cccc2Cl)C(=O)N1C. The van der Waals surface area contributed by atoms with Crippen molar-refractivity contribution in [3.8, 4) is 0 Å². The van der Waals surface area contributed by atoms with Crippen LogP contribution in [-0.2, 0) is 13.1 Å². The number of hydrogen-bond acceptors (Lipinski definition) is 2. The Bertz CT molecular complexity index is 1290. The van der Waals surface area contributed by atoms with Gasteiger partial charge in [-0.1, -0.05) is 23.7 Å². The number of fused-ring (bicyclic) bond motifs is 1. The van der Waals surface area contributed by atoms with Crippen molar-refractivity contribution in [1.82, 2.24) is 10.2 Å². The van der Waals surface area contributed by atoms with Gasteiger partial charge in [0, 0.05) is 47.4 Å². The van der Waals surface area contributed by atoms with Crippen molar-refractivity contribution in [2.45, 2.75) is 26.1 Å². The zero-order valence-electron chi connectivity index (χ0n) is 18.7. The molecule has 10 heteroatoms. The van der Waals surface area contributed by atoms with E-state index in [-0.39, 0.29) is 28.7 Å². The van der Waals surface area contributed by atoms with Crippen LogP contribution in [0.5, 0.6) is 0 Å². The van der Waals surface area contributed by atoms with E-state index in [0.717, 1.165) is 0 Å². The molecule has 0 aromatic heterocycles. The van der Waals surface area contributed by atoms with Crippen LogP contribution in [0.2, 0.25) is 5.02 Å². The summed E-state index contributed by atoms with van der Waals surface area (Å²) in [6.45, 7) is 1.12. The van der Waals surface area contributed by atoms with Crippen molar-refractivity contribution in [2.75, 3.05) is 11.9 Å². The van der Waals surface area contributed by atoms with Crippen LogP contribution in [0.1, 0.15) is 40.0 Å². The van der Waals surface area contributed by atoms with Crippen LogP contribution >= 0.6 is 11.6 Å². The summed E-state index contributed by atoms with van der Waals surface area (Å²) in [6.07, 6.45) is 0. The number of urea groups is 1. The van der Waals surface area contributed by atoms with Gasteiger partial charge in [-0.2, -0.15) is 0 Å². The molecule has 0 saturated heterocycles. The first-order valence-corrected chi connectivity index (χ1v) is 11.0. The Morgan fingerprint density at radius 3 is 2.34 bits per heavy atom. The number of hydrogen-bond donors (Lipinski definition) is 1. The topological polar surface area (TPSA) is 52.7 Å². The number of nitrogens with one attached hydrogen (secondary N) is 1. The highest BCUT2D eigenvalue weighted by molar-refractivity contribution is 6.31. The Kier molecular flexibility index (Phi) is 6.71. The van der Waals surface area contributed by atoms with Gasteiger partial charge in [0.15, 0.2) is 0 Å². The Hall–Kier alpha value is -3.59. The standard InChI is InChI=1S/C25H20ClF4N3O2/c1-13-16-7-6-14(24(34)31-11-17-21(29)9-15(27)10-22(17)30)8-23(16)33(25(35)32(13)2)12-18-19(26)4-3-5-20(18)28/h3-10,13H,11-12H2,1-2H3,(H,31,34). The molecule has 5 nitrogen and oxygen atoms in total. The van der Waals surface area contributed by atoms with E-state index < -0.39 is 47.3 Å². The molecule has 0 fully saturated rings. The minimum absolute atomic E-state index is 0.112. The molecule has 0 saturated carbocycles. The van der Waals surface area contributed by atoms with E-state index >= 15 is 0 Å². The van der Waals surface area contributed by atoms with Crippen LogP contribution in [0.25, 0.3) is 0 Å². The van der Waals surface area contributed by atoms with Crippen molar-refractivity contribution in [1.29, 1.82) is 0 Å². The van der Waals surface area contributed by atoms with Crippen LogP contribution in [-0.4, -0.2) is 23.9 Å². The summed E-state index contributed by atoms with van der Waals surface area (Å²) < 4.78 is 55.4. The number of halogens is 5. The number of nitrogens with zero attached hydrogens (tertiary/aromatic N) is 2. The minimum atomic E-state index is -1.12. The third kappa shape index (κ3) is 4.68. The molecule has 1 aliphatic rings. The number of anilines is 1. The fourth-order valence-corrected chi connectivity index (χ4v) is 4.17. The monoisotopic (exact) mass is 505 g/mol. The molecule has 1 aliphatic heterocycles. The molecular formula is C25H20ClF4N3O2. The zero-order chi connectivity index (χ0) is 25.4. The van der Waals surface area contributed by atoms with Gasteiger partial charge in [-0.3, -0.25) is 9.69 Å². The summed E-state index contributed by atoms with van der Waals surface area (Å²) in [4.78, 5) is 28.7. The molecular weight excluding hydrogens is 486 g/mol. The molecule has 182 valence electrons. The first kappa shape index (κ1) is 24.5. The Balaban J connectivity index is 1.65.